The number of rotatable bonds is 8. The molecule has 2 rings (SSSR count). The molecule has 2 aromatic carbocycles. The monoisotopic (exact) mass is 355 g/mol. The van der Waals surface area contributed by atoms with E-state index in [0.717, 1.165) is 5.56 Å². The predicted octanol–water partition coefficient (Wildman–Crippen LogP) is 4.08. The molecule has 0 aliphatic heterocycles. The Labute approximate surface area is 156 Å². The highest BCUT2D eigenvalue weighted by molar-refractivity contribution is 5.80. The third-order valence-corrected chi connectivity index (χ3v) is 4.06. The molecule has 1 amide bonds. The summed E-state index contributed by atoms with van der Waals surface area (Å²) in [5, 5.41) is 2.84. The molecule has 0 saturated heterocycles. The van der Waals surface area contributed by atoms with Crippen LogP contribution in [0, 0.1) is 0 Å². The molecule has 0 aliphatic carbocycles. The van der Waals surface area contributed by atoms with E-state index >= 15 is 0 Å². The Bertz CT molecular complexity index is 675. The van der Waals surface area contributed by atoms with Crippen LogP contribution in [0.3, 0.4) is 0 Å². The van der Waals surface area contributed by atoms with Gasteiger partial charge in [-0.25, -0.2) is 0 Å². The number of benzene rings is 2. The van der Waals surface area contributed by atoms with Crippen LogP contribution in [-0.4, -0.2) is 25.2 Å². The van der Waals surface area contributed by atoms with E-state index in [9.17, 15) is 4.79 Å². The first-order valence-electron chi connectivity index (χ1n) is 9.03. The topological polar surface area (TPSA) is 47.6 Å². The Hall–Kier alpha value is -2.33. The number of carbonyl (C=O) groups excluding carboxylic acids is 1. The molecule has 2 aromatic rings. The summed E-state index contributed by atoms with van der Waals surface area (Å²) >= 11 is 0. The van der Waals surface area contributed by atoms with E-state index in [4.69, 9.17) is 9.47 Å². The molecular weight excluding hydrogens is 326 g/mol. The van der Waals surface area contributed by atoms with Gasteiger partial charge in [0.15, 0.2) is 6.10 Å². The normalized spacial score (nSPS) is 12.5. The van der Waals surface area contributed by atoms with Crippen LogP contribution >= 0.6 is 0 Å². The molecule has 0 fully saturated rings. The maximum atomic E-state index is 12.1. The molecule has 140 valence electrons. The lowest BCUT2D eigenvalue weighted by molar-refractivity contribution is -0.127. The van der Waals surface area contributed by atoms with Crippen LogP contribution in [0.2, 0.25) is 0 Å². The van der Waals surface area contributed by atoms with Gasteiger partial charge >= 0.3 is 0 Å². The van der Waals surface area contributed by atoms with Gasteiger partial charge in [-0.05, 0) is 35.6 Å². The average Bonchev–Trinajstić information content (AvgIpc) is 2.62. The summed E-state index contributed by atoms with van der Waals surface area (Å²) in [6.45, 7) is 9.72. The van der Waals surface area contributed by atoms with Gasteiger partial charge in [0, 0.05) is 6.54 Å². The summed E-state index contributed by atoms with van der Waals surface area (Å²) in [5.41, 5.74) is 2.45. The molecule has 0 spiro atoms. The van der Waals surface area contributed by atoms with Crippen LogP contribution in [0.4, 0.5) is 0 Å². The van der Waals surface area contributed by atoms with Crippen molar-refractivity contribution in [2.75, 3.05) is 13.2 Å². The molecule has 0 bridgehead atoms. The summed E-state index contributed by atoms with van der Waals surface area (Å²) in [4.78, 5) is 12.1. The number of ether oxygens (including phenoxy) is 2. The molecule has 0 aliphatic rings. The predicted molar refractivity (Wildman–Crippen MR) is 104 cm³/mol. The van der Waals surface area contributed by atoms with Crippen molar-refractivity contribution in [3.8, 4) is 5.75 Å². The molecule has 0 unspecified atom stereocenters. The van der Waals surface area contributed by atoms with E-state index < -0.39 is 6.10 Å². The first-order valence-corrected chi connectivity index (χ1v) is 9.03. The van der Waals surface area contributed by atoms with Crippen molar-refractivity contribution >= 4 is 5.91 Å². The lowest BCUT2D eigenvalue weighted by Crippen LogP contribution is -2.38. The number of hydrogen-bond donors (Lipinski definition) is 1. The minimum Gasteiger partial charge on any atom is -0.481 e. The third kappa shape index (κ3) is 6.52. The van der Waals surface area contributed by atoms with Crippen molar-refractivity contribution in [3.05, 3.63) is 65.7 Å². The maximum Gasteiger partial charge on any atom is 0.260 e. The van der Waals surface area contributed by atoms with Crippen molar-refractivity contribution in [1.82, 2.24) is 5.32 Å². The number of nitrogens with one attached hydrogen (secondary N) is 1. The van der Waals surface area contributed by atoms with E-state index in [1.165, 1.54) is 5.56 Å². The van der Waals surface area contributed by atoms with E-state index in [1.54, 1.807) is 6.92 Å². The molecule has 0 saturated carbocycles. The second kappa shape index (κ2) is 9.39. The second-order valence-electron chi connectivity index (χ2n) is 7.36. The lowest BCUT2D eigenvalue weighted by atomic mass is 9.87. The van der Waals surface area contributed by atoms with E-state index in [1.807, 2.05) is 54.6 Å². The highest BCUT2D eigenvalue weighted by Gasteiger charge is 2.16. The van der Waals surface area contributed by atoms with Gasteiger partial charge in [-0.15, -0.1) is 0 Å². The Balaban J connectivity index is 1.68. The van der Waals surface area contributed by atoms with E-state index in [2.05, 4.69) is 26.1 Å². The smallest absolute Gasteiger partial charge is 0.260 e. The van der Waals surface area contributed by atoms with Crippen molar-refractivity contribution in [3.63, 3.8) is 0 Å². The fourth-order valence-electron chi connectivity index (χ4n) is 2.45. The van der Waals surface area contributed by atoms with Crippen LogP contribution in [0.1, 0.15) is 38.8 Å². The first-order chi connectivity index (χ1) is 12.4. The van der Waals surface area contributed by atoms with Gasteiger partial charge in [0.05, 0.1) is 13.2 Å². The molecule has 4 heteroatoms. The summed E-state index contributed by atoms with van der Waals surface area (Å²) in [6, 6.07) is 17.9. The SMILES string of the molecule is C[C@@H](Oc1ccc(C(C)(C)C)cc1)C(=O)NCCOCc1ccccc1. The number of carbonyl (C=O) groups is 1. The minimum absolute atomic E-state index is 0.0985. The van der Waals surface area contributed by atoms with Gasteiger partial charge < -0.3 is 14.8 Å². The van der Waals surface area contributed by atoms with Gasteiger partial charge in [-0.1, -0.05) is 63.2 Å². The Morgan fingerprint density at radius 1 is 1.04 bits per heavy atom. The van der Waals surface area contributed by atoms with Gasteiger partial charge in [0.2, 0.25) is 0 Å². The van der Waals surface area contributed by atoms with Gasteiger partial charge in [0.1, 0.15) is 5.75 Å². The third-order valence-electron chi connectivity index (χ3n) is 4.06. The first kappa shape index (κ1) is 20.0. The molecule has 26 heavy (non-hydrogen) atoms. The van der Waals surface area contributed by atoms with Crippen molar-refractivity contribution in [1.29, 1.82) is 0 Å². The number of amides is 1. The summed E-state index contributed by atoms with van der Waals surface area (Å²) < 4.78 is 11.3. The molecule has 0 aromatic heterocycles. The van der Waals surface area contributed by atoms with E-state index in [0.29, 0.717) is 25.5 Å². The van der Waals surface area contributed by atoms with Gasteiger partial charge in [0.25, 0.3) is 5.91 Å². The Morgan fingerprint density at radius 2 is 1.69 bits per heavy atom. The van der Waals surface area contributed by atoms with Gasteiger partial charge in [-0.3, -0.25) is 4.79 Å². The van der Waals surface area contributed by atoms with Crippen LogP contribution in [0.5, 0.6) is 5.75 Å². The Kier molecular flexibility index (Phi) is 7.22. The Morgan fingerprint density at radius 3 is 2.31 bits per heavy atom. The van der Waals surface area contributed by atoms with Crippen LogP contribution in [0.25, 0.3) is 0 Å². The van der Waals surface area contributed by atoms with Gasteiger partial charge in [-0.2, -0.15) is 0 Å². The summed E-state index contributed by atoms with van der Waals surface area (Å²) in [5.74, 6) is 0.550. The van der Waals surface area contributed by atoms with Crippen molar-refractivity contribution in [2.24, 2.45) is 0 Å². The van der Waals surface area contributed by atoms with Crippen LogP contribution < -0.4 is 10.1 Å². The fourth-order valence-corrected chi connectivity index (χ4v) is 2.45. The largest absolute Gasteiger partial charge is 0.481 e. The van der Waals surface area contributed by atoms with E-state index in [-0.39, 0.29) is 11.3 Å². The summed E-state index contributed by atoms with van der Waals surface area (Å²) in [6.07, 6.45) is -0.551. The molecule has 0 radical (unpaired) electrons. The zero-order chi connectivity index (χ0) is 19.0. The van der Waals surface area contributed by atoms with Crippen molar-refractivity contribution in [2.45, 2.75) is 45.8 Å². The standard InChI is InChI=1S/C22H29NO3/c1-17(26-20-12-10-19(11-13-20)22(2,3)4)21(24)23-14-15-25-16-18-8-6-5-7-9-18/h5-13,17H,14-16H2,1-4H3,(H,23,24)/t17-/m1/s1. The molecule has 1 N–H and O–H groups in total. The highest BCUT2D eigenvalue weighted by atomic mass is 16.5. The second-order valence-corrected chi connectivity index (χ2v) is 7.36. The minimum atomic E-state index is -0.551. The fraction of sp³-hybridized carbons (Fsp3) is 0.409. The number of hydrogen-bond acceptors (Lipinski definition) is 3. The molecular formula is C22H29NO3. The zero-order valence-corrected chi connectivity index (χ0v) is 16.1. The quantitative estimate of drug-likeness (QED) is 0.726. The average molecular weight is 355 g/mol. The molecule has 4 nitrogen and oxygen atoms in total. The van der Waals surface area contributed by atoms with Crippen LogP contribution in [0.15, 0.2) is 54.6 Å². The highest BCUT2D eigenvalue weighted by Crippen LogP contribution is 2.24. The van der Waals surface area contributed by atoms with Crippen molar-refractivity contribution < 1.29 is 14.3 Å². The summed E-state index contributed by atoms with van der Waals surface area (Å²) in [7, 11) is 0. The molecule has 0 heterocycles. The lowest BCUT2D eigenvalue weighted by Gasteiger charge is -2.20. The zero-order valence-electron chi connectivity index (χ0n) is 16.1. The molecule has 1 atom stereocenters. The maximum absolute atomic E-state index is 12.1. The van der Waals surface area contributed by atoms with Crippen LogP contribution in [-0.2, 0) is 21.6 Å².